The van der Waals surface area contributed by atoms with Crippen LogP contribution in [0.1, 0.15) is 44.9 Å². The smallest absolute Gasteiger partial charge is 0.120 e. The first-order valence-corrected chi connectivity index (χ1v) is 5.44. The van der Waals surface area contributed by atoms with Gasteiger partial charge in [0.2, 0.25) is 0 Å². The second-order valence-corrected chi connectivity index (χ2v) is 4.18. The van der Waals surface area contributed by atoms with Crippen molar-refractivity contribution in [1.82, 2.24) is 5.32 Å². The highest BCUT2D eigenvalue weighted by Crippen LogP contribution is 2.20. The van der Waals surface area contributed by atoms with Crippen LogP contribution in [0.25, 0.3) is 0 Å². The van der Waals surface area contributed by atoms with Crippen LogP contribution in [0.15, 0.2) is 22.8 Å². The number of rotatable bonds is 6. The molecule has 1 rings (SSSR count). The van der Waals surface area contributed by atoms with Crippen LogP contribution < -0.4 is 5.32 Å². The van der Waals surface area contributed by atoms with Gasteiger partial charge in [-0.1, -0.05) is 26.7 Å². The third-order valence-corrected chi connectivity index (χ3v) is 2.51. The highest BCUT2D eigenvalue weighted by atomic mass is 16.3. The van der Waals surface area contributed by atoms with Crippen LogP contribution in [0.4, 0.5) is 0 Å². The Bertz CT molecular complexity index is 228. The Balaban J connectivity index is 2.33. The molecule has 0 aliphatic rings. The molecule has 1 aromatic heterocycles. The summed E-state index contributed by atoms with van der Waals surface area (Å²) in [5.41, 5.74) is 0. The molecule has 1 N–H and O–H groups in total. The molecule has 0 bridgehead atoms. The molecule has 80 valence electrons. The first-order valence-electron chi connectivity index (χ1n) is 5.44. The molecule has 2 nitrogen and oxygen atoms in total. The number of hydrogen-bond donors (Lipinski definition) is 1. The van der Waals surface area contributed by atoms with Crippen molar-refractivity contribution >= 4 is 0 Å². The third-order valence-electron chi connectivity index (χ3n) is 2.51. The van der Waals surface area contributed by atoms with Gasteiger partial charge in [0.15, 0.2) is 0 Å². The van der Waals surface area contributed by atoms with E-state index in [1.165, 1.54) is 12.8 Å². The Morgan fingerprint density at radius 1 is 1.36 bits per heavy atom. The molecule has 0 radical (unpaired) electrons. The maximum absolute atomic E-state index is 5.38. The van der Waals surface area contributed by atoms with Gasteiger partial charge in [-0.05, 0) is 31.5 Å². The lowest BCUT2D eigenvalue weighted by molar-refractivity contribution is 0.394. The number of nitrogens with one attached hydrogen (secondary N) is 1. The van der Waals surface area contributed by atoms with Gasteiger partial charge in [-0.3, -0.25) is 0 Å². The molecule has 0 aromatic carbocycles. The first-order chi connectivity index (χ1) is 6.74. The summed E-state index contributed by atoms with van der Waals surface area (Å²) in [7, 11) is 1.99. The summed E-state index contributed by atoms with van der Waals surface area (Å²) in [6.45, 7) is 4.53. The van der Waals surface area contributed by atoms with Gasteiger partial charge in [0.1, 0.15) is 5.76 Å². The molecule has 0 fully saturated rings. The second kappa shape index (κ2) is 5.86. The van der Waals surface area contributed by atoms with E-state index in [0.717, 1.165) is 18.1 Å². The van der Waals surface area contributed by atoms with Gasteiger partial charge in [-0.2, -0.15) is 0 Å². The average Bonchev–Trinajstić information content (AvgIpc) is 2.64. The van der Waals surface area contributed by atoms with Crippen LogP contribution in [0.5, 0.6) is 0 Å². The summed E-state index contributed by atoms with van der Waals surface area (Å²) in [6, 6.07) is 4.36. The van der Waals surface area contributed by atoms with E-state index in [4.69, 9.17) is 4.42 Å². The average molecular weight is 195 g/mol. The Morgan fingerprint density at radius 2 is 2.14 bits per heavy atom. The van der Waals surface area contributed by atoms with Gasteiger partial charge >= 0.3 is 0 Å². The van der Waals surface area contributed by atoms with Crippen molar-refractivity contribution in [3.63, 3.8) is 0 Å². The molecule has 0 aliphatic heterocycles. The summed E-state index contributed by atoms with van der Waals surface area (Å²) in [4.78, 5) is 0. The van der Waals surface area contributed by atoms with Crippen LogP contribution in [-0.4, -0.2) is 7.05 Å². The summed E-state index contributed by atoms with van der Waals surface area (Å²) >= 11 is 0. The molecule has 0 amide bonds. The normalized spacial score (nSPS) is 13.4. The Hall–Kier alpha value is -0.760. The van der Waals surface area contributed by atoms with Crippen LogP contribution in [-0.2, 0) is 0 Å². The van der Waals surface area contributed by atoms with Gasteiger partial charge in [0.05, 0.1) is 12.3 Å². The SMILES string of the molecule is CNC(CCCC(C)C)c1ccco1. The molecule has 1 aromatic rings. The Kier molecular flexibility index (Phi) is 4.74. The molecule has 1 unspecified atom stereocenters. The highest BCUT2D eigenvalue weighted by Gasteiger charge is 2.11. The van der Waals surface area contributed by atoms with E-state index >= 15 is 0 Å². The van der Waals surface area contributed by atoms with Crippen molar-refractivity contribution in [1.29, 1.82) is 0 Å². The van der Waals surface area contributed by atoms with E-state index in [1.807, 2.05) is 19.2 Å². The topological polar surface area (TPSA) is 25.2 Å². The minimum absolute atomic E-state index is 0.378. The zero-order valence-electron chi connectivity index (χ0n) is 9.42. The predicted octanol–water partition coefficient (Wildman–Crippen LogP) is 3.37. The lowest BCUT2D eigenvalue weighted by Gasteiger charge is -2.13. The molecule has 0 saturated heterocycles. The molecule has 0 spiro atoms. The van der Waals surface area contributed by atoms with Gasteiger partial charge in [-0.15, -0.1) is 0 Å². The van der Waals surface area contributed by atoms with Crippen LogP contribution in [0, 0.1) is 5.92 Å². The molecule has 14 heavy (non-hydrogen) atoms. The Morgan fingerprint density at radius 3 is 2.64 bits per heavy atom. The van der Waals surface area contributed by atoms with Crippen molar-refractivity contribution < 1.29 is 4.42 Å². The van der Waals surface area contributed by atoms with E-state index in [9.17, 15) is 0 Å². The van der Waals surface area contributed by atoms with Crippen LogP contribution >= 0.6 is 0 Å². The molecular weight excluding hydrogens is 174 g/mol. The minimum Gasteiger partial charge on any atom is -0.468 e. The lowest BCUT2D eigenvalue weighted by Crippen LogP contribution is -2.15. The van der Waals surface area contributed by atoms with Gasteiger partial charge in [0.25, 0.3) is 0 Å². The summed E-state index contributed by atoms with van der Waals surface area (Å²) in [6.07, 6.45) is 5.44. The van der Waals surface area contributed by atoms with E-state index in [1.54, 1.807) is 6.26 Å². The van der Waals surface area contributed by atoms with Crippen LogP contribution in [0.3, 0.4) is 0 Å². The highest BCUT2D eigenvalue weighted by molar-refractivity contribution is 5.03. The monoisotopic (exact) mass is 195 g/mol. The molecule has 2 heteroatoms. The van der Waals surface area contributed by atoms with Crippen molar-refractivity contribution in [3.05, 3.63) is 24.2 Å². The van der Waals surface area contributed by atoms with Gasteiger partial charge in [0, 0.05) is 0 Å². The number of furan rings is 1. The fourth-order valence-electron chi connectivity index (χ4n) is 1.65. The summed E-state index contributed by atoms with van der Waals surface area (Å²) < 4.78 is 5.38. The maximum atomic E-state index is 5.38. The van der Waals surface area contributed by atoms with E-state index < -0.39 is 0 Å². The Labute approximate surface area is 86.7 Å². The van der Waals surface area contributed by atoms with Crippen LogP contribution in [0.2, 0.25) is 0 Å². The molecular formula is C12H21NO. The van der Waals surface area contributed by atoms with Gasteiger partial charge < -0.3 is 9.73 Å². The van der Waals surface area contributed by atoms with Crippen molar-refractivity contribution in [3.8, 4) is 0 Å². The lowest BCUT2D eigenvalue weighted by atomic mass is 10.0. The van der Waals surface area contributed by atoms with Crippen molar-refractivity contribution in [2.75, 3.05) is 7.05 Å². The predicted molar refractivity (Wildman–Crippen MR) is 59.2 cm³/mol. The zero-order chi connectivity index (χ0) is 10.4. The fourth-order valence-corrected chi connectivity index (χ4v) is 1.65. The first kappa shape index (κ1) is 11.3. The molecule has 0 saturated carbocycles. The largest absolute Gasteiger partial charge is 0.468 e. The van der Waals surface area contributed by atoms with Crippen molar-refractivity contribution in [2.45, 2.75) is 39.2 Å². The third kappa shape index (κ3) is 3.54. The summed E-state index contributed by atoms with van der Waals surface area (Å²) in [5.74, 6) is 1.85. The molecule has 0 aliphatic carbocycles. The second-order valence-electron chi connectivity index (χ2n) is 4.18. The van der Waals surface area contributed by atoms with E-state index in [-0.39, 0.29) is 0 Å². The standard InChI is InChI=1S/C12H21NO/c1-10(2)6-4-7-11(13-3)12-8-5-9-14-12/h5,8-11,13H,4,6-7H2,1-3H3. The molecule has 1 heterocycles. The summed E-state index contributed by atoms with van der Waals surface area (Å²) in [5, 5.41) is 3.28. The maximum Gasteiger partial charge on any atom is 0.120 e. The van der Waals surface area contributed by atoms with Gasteiger partial charge in [-0.25, -0.2) is 0 Å². The van der Waals surface area contributed by atoms with E-state index in [0.29, 0.717) is 6.04 Å². The zero-order valence-corrected chi connectivity index (χ0v) is 9.42. The quantitative estimate of drug-likeness (QED) is 0.753. The molecule has 1 atom stereocenters. The minimum atomic E-state index is 0.378. The fraction of sp³-hybridized carbons (Fsp3) is 0.667. The van der Waals surface area contributed by atoms with Crippen molar-refractivity contribution in [2.24, 2.45) is 5.92 Å². The number of hydrogen-bond acceptors (Lipinski definition) is 2. The van der Waals surface area contributed by atoms with E-state index in [2.05, 4.69) is 19.2 Å².